The Kier molecular flexibility index (Phi) is 7.97. The Labute approximate surface area is 139 Å². The zero-order valence-corrected chi connectivity index (χ0v) is 13.5. The van der Waals surface area contributed by atoms with Crippen molar-refractivity contribution in [3.63, 3.8) is 0 Å². The van der Waals surface area contributed by atoms with Gasteiger partial charge in [0.05, 0.1) is 24.2 Å². The van der Waals surface area contributed by atoms with Gasteiger partial charge in [-0.2, -0.15) is 0 Å². The number of carbonyl (C=O) groups excluding carboxylic acids is 2. The highest BCUT2D eigenvalue weighted by molar-refractivity contribution is 5.95. The standard InChI is InChI=1S/C16H19NO7/c1-3-9-22-15(18)11-14(16(19)23-10-4-2)24-13-7-5-12(6-8-13)17(20)21/h5-8,11H,3-4,9-10H2,1-2H3. The minimum atomic E-state index is -0.816. The number of rotatable bonds is 9. The lowest BCUT2D eigenvalue weighted by Gasteiger charge is -2.09. The third-order valence-corrected chi connectivity index (χ3v) is 2.61. The van der Waals surface area contributed by atoms with Gasteiger partial charge < -0.3 is 14.2 Å². The van der Waals surface area contributed by atoms with E-state index >= 15 is 0 Å². The average Bonchev–Trinajstić information content (AvgIpc) is 2.57. The molecule has 1 aromatic carbocycles. The normalized spacial score (nSPS) is 10.8. The number of nitrogens with zero attached hydrogens (tertiary/aromatic N) is 1. The van der Waals surface area contributed by atoms with Crippen LogP contribution in [0, 0.1) is 10.1 Å². The Morgan fingerprint density at radius 1 is 1.08 bits per heavy atom. The van der Waals surface area contributed by atoms with Crippen molar-refractivity contribution in [2.24, 2.45) is 0 Å². The van der Waals surface area contributed by atoms with Crippen LogP contribution in [-0.4, -0.2) is 30.1 Å². The largest absolute Gasteiger partial charge is 0.462 e. The molecule has 0 fully saturated rings. The van der Waals surface area contributed by atoms with Crippen molar-refractivity contribution in [2.45, 2.75) is 26.7 Å². The van der Waals surface area contributed by atoms with Gasteiger partial charge in [0.15, 0.2) is 0 Å². The molecule has 130 valence electrons. The van der Waals surface area contributed by atoms with Gasteiger partial charge in [0, 0.05) is 12.1 Å². The summed E-state index contributed by atoms with van der Waals surface area (Å²) in [7, 11) is 0. The van der Waals surface area contributed by atoms with E-state index in [2.05, 4.69) is 0 Å². The van der Waals surface area contributed by atoms with E-state index in [1.807, 2.05) is 13.8 Å². The monoisotopic (exact) mass is 337 g/mol. The number of nitro benzene ring substituents is 1. The van der Waals surface area contributed by atoms with Crippen LogP contribution in [0.3, 0.4) is 0 Å². The first-order chi connectivity index (χ1) is 11.5. The molecule has 0 radical (unpaired) electrons. The van der Waals surface area contributed by atoms with Crippen molar-refractivity contribution in [2.75, 3.05) is 13.2 Å². The van der Waals surface area contributed by atoms with E-state index in [1.54, 1.807) is 0 Å². The lowest BCUT2D eigenvalue weighted by atomic mass is 10.3. The van der Waals surface area contributed by atoms with Crippen LogP contribution in [0.1, 0.15) is 26.7 Å². The molecule has 8 heteroatoms. The first-order valence-corrected chi connectivity index (χ1v) is 7.45. The molecule has 0 N–H and O–H groups in total. The summed E-state index contributed by atoms with van der Waals surface area (Å²) in [4.78, 5) is 33.7. The highest BCUT2D eigenvalue weighted by atomic mass is 16.6. The van der Waals surface area contributed by atoms with E-state index in [9.17, 15) is 19.7 Å². The molecular formula is C16H19NO7. The van der Waals surface area contributed by atoms with E-state index in [0.29, 0.717) is 12.8 Å². The van der Waals surface area contributed by atoms with E-state index in [4.69, 9.17) is 14.2 Å². The van der Waals surface area contributed by atoms with Crippen LogP contribution in [0.4, 0.5) is 5.69 Å². The maximum absolute atomic E-state index is 12.0. The lowest BCUT2D eigenvalue weighted by molar-refractivity contribution is -0.384. The minimum absolute atomic E-state index is 0.121. The lowest BCUT2D eigenvalue weighted by Crippen LogP contribution is -2.16. The SMILES string of the molecule is CCCOC(=O)C=C(Oc1ccc([N+](=O)[O-])cc1)C(=O)OCCC. The van der Waals surface area contributed by atoms with Crippen molar-refractivity contribution < 1.29 is 28.7 Å². The summed E-state index contributed by atoms with van der Waals surface area (Å²) in [6.07, 6.45) is 2.14. The van der Waals surface area contributed by atoms with Gasteiger partial charge in [0.25, 0.3) is 5.69 Å². The van der Waals surface area contributed by atoms with Crippen LogP contribution in [0.15, 0.2) is 36.1 Å². The second kappa shape index (κ2) is 9.98. The van der Waals surface area contributed by atoms with Gasteiger partial charge in [0.1, 0.15) is 5.75 Å². The third kappa shape index (κ3) is 6.47. The Balaban J connectivity index is 2.91. The van der Waals surface area contributed by atoms with Gasteiger partial charge in [-0.15, -0.1) is 0 Å². The molecule has 0 aliphatic rings. The molecule has 1 aromatic rings. The third-order valence-electron chi connectivity index (χ3n) is 2.61. The number of esters is 2. The summed E-state index contributed by atoms with van der Waals surface area (Å²) in [6.45, 7) is 4.04. The molecule has 0 spiro atoms. The van der Waals surface area contributed by atoms with Crippen LogP contribution in [0.2, 0.25) is 0 Å². The van der Waals surface area contributed by atoms with Crippen molar-refractivity contribution >= 4 is 17.6 Å². The molecule has 24 heavy (non-hydrogen) atoms. The van der Waals surface area contributed by atoms with Crippen LogP contribution < -0.4 is 4.74 Å². The topological polar surface area (TPSA) is 105 Å². The summed E-state index contributed by atoms with van der Waals surface area (Å²) in [5.74, 6) is -1.74. The zero-order chi connectivity index (χ0) is 17.9. The smallest absolute Gasteiger partial charge is 0.374 e. The Hall–Kier alpha value is -2.90. The van der Waals surface area contributed by atoms with Gasteiger partial charge >= 0.3 is 11.9 Å². The van der Waals surface area contributed by atoms with Crippen LogP contribution >= 0.6 is 0 Å². The molecule has 0 atom stereocenters. The highest BCUT2D eigenvalue weighted by Gasteiger charge is 2.17. The highest BCUT2D eigenvalue weighted by Crippen LogP contribution is 2.20. The fourth-order valence-electron chi connectivity index (χ4n) is 1.51. The number of hydrogen-bond donors (Lipinski definition) is 0. The first-order valence-electron chi connectivity index (χ1n) is 7.45. The van der Waals surface area contributed by atoms with Crippen molar-refractivity contribution in [3.05, 3.63) is 46.2 Å². The van der Waals surface area contributed by atoms with Crippen molar-refractivity contribution in [1.82, 2.24) is 0 Å². The average molecular weight is 337 g/mol. The Morgan fingerprint density at radius 2 is 1.67 bits per heavy atom. The quantitative estimate of drug-likeness (QED) is 0.224. The predicted molar refractivity (Wildman–Crippen MR) is 84.3 cm³/mol. The molecule has 0 saturated heterocycles. The number of ether oxygens (including phenoxy) is 3. The molecule has 8 nitrogen and oxygen atoms in total. The zero-order valence-electron chi connectivity index (χ0n) is 13.5. The molecule has 0 aliphatic heterocycles. The summed E-state index contributed by atoms with van der Waals surface area (Å²) in [5, 5.41) is 10.6. The van der Waals surface area contributed by atoms with E-state index in [1.165, 1.54) is 24.3 Å². The van der Waals surface area contributed by atoms with Crippen LogP contribution in [-0.2, 0) is 19.1 Å². The Bertz CT molecular complexity index is 607. The molecular weight excluding hydrogens is 318 g/mol. The molecule has 0 saturated carbocycles. The molecule has 0 bridgehead atoms. The number of non-ortho nitro benzene ring substituents is 1. The summed E-state index contributed by atoms with van der Waals surface area (Å²) < 4.78 is 15.1. The van der Waals surface area contributed by atoms with E-state index in [-0.39, 0.29) is 30.4 Å². The molecule has 0 aliphatic carbocycles. The van der Waals surface area contributed by atoms with Gasteiger partial charge in [-0.1, -0.05) is 13.8 Å². The minimum Gasteiger partial charge on any atom is -0.462 e. The van der Waals surface area contributed by atoms with E-state index in [0.717, 1.165) is 6.08 Å². The summed E-state index contributed by atoms with van der Waals surface area (Å²) >= 11 is 0. The number of carbonyl (C=O) groups is 2. The van der Waals surface area contributed by atoms with Crippen molar-refractivity contribution in [1.29, 1.82) is 0 Å². The fourth-order valence-corrected chi connectivity index (χ4v) is 1.51. The van der Waals surface area contributed by atoms with Crippen molar-refractivity contribution in [3.8, 4) is 5.75 Å². The second-order valence-electron chi connectivity index (χ2n) is 4.67. The van der Waals surface area contributed by atoms with Crippen LogP contribution in [0.25, 0.3) is 0 Å². The molecule has 0 aromatic heterocycles. The molecule has 0 heterocycles. The summed E-state index contributed by atoms with van der Waals surface area (Å²) in [6, 6.07) is 5.08. The predicted octanol–water partition coefficient (Wildman–Crippen LogP) is 2.76. The van der Waals surface area contributed by atoms with E-state index < -0.39 is 16.9 Å². The summed E-state index contributed by atoms with van der Waals surface area (Å²) in [5.41, 5.74) is -0.121. The maximum atomic E-state index is 12.0. The fraction of sp³-hybridized carbons (Fsp3) is 0.375. The number of nitro groups is 1. The maximum Gasteiger partial charge on any atom is 0.374 e. The van der Waals surface area contributed by atoms with Gasteiger partial charge in [-0.25, -0.2) is 9.59 Å². The number of benzene rings is 1. The first kappa shape index (κ1) is 19.1. The number of hydrogen-bond acceptors (Lipinski definition) is 7. The molecule has 0 unspecified atom stereocenters. The van der Waals surface area contributed by atoms with Crippen LogP contribution in [0.5, 0.6) is 5.75 Å². The van der Waals surface area contributed by atoms with Gasteiger partial charge in [-0.3, -0.25) is 10.1 Å². The molecule has 0 amide bonds. The second-order valence-corrected chi connectivity index (χ2v) is 4.67. The Morgan fingerprint density at radius 3 is 2.21 bits per heavy atom. The van der Waals surface area contributed by atoms with Gasteiger partial charge in [0.2, 0.25) is 5.76 Å². The molecule has 1 rings (SSSR count). The van der Waals surface area contributed by atoms with Gasteiger partial charge in [-0.05, 0) is 25.0 Å².